The van der Waals surface area contributed by atoms with Crippen LogP contribution in [0.3, 0.4) is 0 Å². The number of thiol groups is 1. The van der Waals surface area contributed by atoms with Crippen LogP contribution in [0.2, 0.25) is 0 Å². The fraction of sp³-hybridized carbons (Fsp3) is 0.231. The second kappa shape index (κ2) is 4.05. The molecule has 0 N–H and O–H groups in total. The molecule has 0 saturated carbocycles. The fourth-order valence-electron chi connectivity index (χ4n) is 1.85. The maximum absolute atomic E-state index is 4.28. The van der Waals surface area contributed by atoms with Crippen molar-refractivity contribution in [2.75, 3.05) is 5.75 Å². The first kappa shape index (κ1) is 9.60. The van der Waals surface area contributed by atoms with Crippen LogP contribution in [0.5, 0.6) is 0 Å². The molecule has 0 aliphatic heterocycles. The van der Waals surface area contributed by atoms with Crippen LogP contribution < -0.4 is 0 Å². The van der Waals surface area contributed by atoms with Crippen molar-refractivity contribution in [2.24, 2.45) is 0 Å². The molecule has 0 radical (unpaired) electrons. The van der Waals surface area contributed by atoms with E-state index < -0.39 is 0 Å². The molecule has 1 heteroatoms. The lowest BCUT2D eigenvalue weighted by atomic mass is 9.99. The molecule has 0 nitrogen and oxygen atoms in total. The first-order chi connectivity index (χ1) is 6.83. The molecule has 0 unspecified atom stereocenters. The topological polar surface area (TPSA) is 0 Å². The van der Waals surface area contributed by atoms with Gasteiger partial charge in [-0.15, -0.1) is 0 Å². The van der Waals surface area contributed by atoms with Gasteiger partial charge < -0.3 is 0 Å². The van der Waals surface area contributed by atoms with Gasteiger partial charge in [-0.2, -0.15) is 12.6 Å². The number of hydrogen-bond acceptors (Lipinski definition) is 1. The van der Waals surface area contributed by atoms with E-state index in [1.54, 1.807) is 0 Å². The Kier molecular flexibility index (Phi) is 2.78. The van der Waals surface area contributed by atoms with Gasteiger partial charge in [0.15, 0.2) is 0 Å². The van der Waals surface area contributed by atoms with Crippen LogP contribution in [0.25, 0.3) is 10.8 Å². The molecule has 2 aromatic carbocycles. The summed E-state index contributed by atoms with van der Waals surface area (Å²) in [6.07, 6.45) is 1.05. The molecule has 14 heavy (non-hydrogen) atoms. The standard InChI is InChI=1S/C13H14S/c1-10-6-7-11(8-9-14)13-5-3-2-4-12(10)13/h2-7,14H,8-9H2,1H3. The lowest BCUT2D eigenvalue weighted by Crippen LogP contribution is -1.89. The molecule has 0 saturated heterocycles. The van der Waals surface area contributed by atoms with Gasteiger partial charge in [-0.25, -0.2) is 0 Å². The third kappa shape index (κ3) is 1.64. The van der Waals surface area contributed by atoms with E-state index in [0.717, 1.165) is 12.2 Å². The molecule has 0 amide bonds. The SMILES string of the molecule is Cc1ccc(CCS)c2ccccc12. The monoisotopic (exact) mass is 202 g/mol. The zero-order chi connectivity index (χ0) is 9.97. The highest BCUT2D eigenvalue weighted by atomic mass is 32.1. The number of hydrogen-bond donors (Lipinski definition) is 1. The van der Waals surface area contributed by atoms with Gasteiger partial charge in [-0.05, 0) is 41.0 Å². The second-order valence-corrected chi connectivity index (χ2v) is 4.01. The van der Waals surface area contributed by atoms with E-state index in [1.807, 2.05) is 0 Å². The van der Waals surface area contributed by atoms with E-state index in [9.17, 15) is 0 Å². The number of fused-ring (bicyclic) bond motifs is 1. The summed E-state index contributed by atoms with van der Waals surface area (Å²) in [6, 6.07) is 13.0. The van der Waals surface area contributed by atoms with E-state index in [2.05, 4.69) is 56.0 Å². The molecule has 2 rings (SSSR count). The highest BCUT2D eigenvalue weighted by Gasteiger charge is 2.01. The summed E-state index contributed by atoms with van der Waals surface area (Å²) >= 11 is 4.28. The van der Waals surface area contributed by atoms with E-state index in [0.29, 0.717) is 0 Å². The first-order valence-electron chi connectivity index (χ1n) is 4.91. The Morgan fingerprint density at radius 3 is 2.43 bits per heavy atom. The molecule has 0 aromatic heterocycles. The van der Waals surface area contributed by atoms with Gasteiger partial charge in [0.2, 0.25) is 0 Å². The average molecular weight is 202 g/mol. The molecule has 0 bridgehead atoms. The summed E-state index contributed by atoms with van der Waals surface area (Å²) in [5, 5.41) is 2.74. The van der Waals surface area contributed by atoms with Gasteiger partial charge in [0.25, 0.3) is 0 Å². The van der Waals surface area contributed by atoms with Crippen LogP contribution >= 0.6 is 12.6 Å². The number of aryl methyl sites for hydroxylation is 2. The Morgan fingerprint density at radius 1 is 1.00 bits per heavy atom. The minimum absolute atomic E-state index is 0.910. The van der Waals surface area contributed by atoms with Crippen molar-refractivity contribution in [2.45, 2.75) is 13.3 Å². The molecule has 2 aromatic rings. The molecule has 0 heterocycles. The predicted octanol–water partition coefficient (Wildman–Crippen LogP) is 3.62. The summed E-state index contributed by atoms with van der Waals surface area (Å²) in [5.74, 6) is 0.910. The van der Waals surface area contributed by atoms with Crippen LogP contribution in [0.1, 0.15) is 11.1 Å². The maximum Gasteiger partial charge on any atom is -0.00571 e. The van der Waals surface area contributed by atoms with Crippen molar-refractivity contribution in [3.05, 3.63) is 47.5 Å². The van der Waals surface area contributed by atoms with Crippen LogP contribution in [-0.2, 0) is 6.42 Å². The van der Waals surface area contributed by atoms with Crippen molar-refractivity contribution in [1.82, 2.24) is 0 Å². The molecule has 0 aliphatic rings. The summed E-state index contributed by atoms with van der Waals surface area (Å²) in [5.41, 5.74) is 2.75. The zero-order valence-electron chi connectivity index (χ0n) is 8.33. The molecule has 0 aliphatic carbocycles. The van der Waals surface area contributed by atoms with Gasteiger partial charge in [-0.3, -0.25) is 0 Å². The smallest absolute Gasteiger partial charge is 0.00571 e. The van der Waals surface area contributed by atoms with E-state index in [4.69, 9.17) is 0 Å². The largest absolute Gasteiger partial charge is 0.179 e. The van der Waals surface area contributed by atoms with Crippen LogP contribution in [0.15, 0.2) is 36.4 Å². The van der Waals surface area contributed by atoms with Crippen molar-refractivity contribution in [3.63, 3.8) is 0 Å². The van der Waals surface area contributed by atoms with Gasteiger partial charge >= 0.3 is 0 Å². The Morgan fingerprint density at radius 2 is 1.71 bits per heavy atom. The summed E-state index contributed by atoms with van der Waals surface area (Å²) in [6.45, 7) is 2.16. The van der Waals surface area contributed by atoms with Gasteiger partial charge in [0, 0.05) is 0 Å². The summed E-state index contributed by atoms with van der Waals surface area (Å²) < 4.78 is 0. The Labute approximate surface area is 90.4 Å². The van der Waals surface area contributed by atoms with Gasteiger partial charge in [0.05, 0.1) is 0 Å². The third-order valence-corrected chi connectivity index (χ3v) is 2.84. The van der Waals surface area contributed by atoms with Gasteiger partial charge in [0.1, 0.15) is 0 Å². The second-order valence-electron chi connectivity index (χ2n) is 3.56. The average Bonchev–Trinajstić information content (AvgIpc) is 2.23. The Bertz CT molecular complexity index is 446. The molecule has 0 fully saturated rings. The van der Waals surface area contributed by atoms with Crippen molar-refractivity contribution in [3.8, 4) is 0 Å². The molecular weight excluding hydrogens is 188 g/mol. The highest BCUT2D eigenvalue weighted by molar-refractivity contribution is 7.80. The van der Waals surface area contributed by atoms with Crippen LogP contribution in [0.4, 0.5) is 0 Å². The fourth-order valence-corrected chi connectivity index (χ4v) is 2.09. The molecule has 0 spiro atoms. The van der Waals surface area contributed by atoms with E-state index >= 15 is 0 Å². The first-order valence-corrected chi connectivity index (χ1v) is 5.54. The lowest BCUT2D eigenvalue weighted by Gasteiger charge is -2.07. The summed E-state index contributed by atoms with van der Waals surface area (Å²) in [7, 11) is 0. The minimum Gasteiger partial charge on any atom is -0.179 e. The predicted molar refractivity (Wildman–Crippen MR) is 66.2 cm³/mol. The Balaban J connectivity index is 2.68. The number of benzene rings is 2. The zero-order valence-corrected chi connectivity index (χ0v) is 9.22. The third-order valence-electron chi connectivity index (χ3n) is 2.61. The normalized spacial score (nSPS) is 10.7. The molecular formula is C13H14S. The maximum atomic E-state index is 4.28. The minimum atomic E-state index is 0.910. The summed E-state index contributed by atoms with van der Waals surface area (Å²) in [4.78, 5) is 0. The van der Waals surface area contributed by atoms with E-state index in [1.165, 1.54) is 21.9 Å². The quantitative estimate of drug-likeness (QED) is 0.706. The van der Waals surface area contributed by atoms with Crippen LogP contribution in [0, 0.1) is 6.92 Å². The van der Waals surface area contributed by atoms with Crippen molar-refractivity contribution in [1.29, 1.82) is 0 Å². The van der Waals surface area contributed by atoms with Crippen molar-refractivity contribution < 1.29 is 0 Å². The highest BCUT2D eigenvalue weighted by Crippen LogP contribution is 2.22. The number of rotatable bonds is 2. The molecule has 0 atom stereocenters. The van der Waals surface area contributed by atoms with Crippen molar-refractivity contribution >= 4 is 23.4 Å². The molecule has 72 valence electrons. The van der Waals surface area contributed by atoms with Gasteiger partial charge in [-0.1, -0.05) is 36.4 Å². The van der Waals surface area contributed by atoms with Crippen LogP contribution in [-0.4, -0.2) is 5.75 Å². The van der Waals surface area contributed by atoms with E-state index in [-0.39, 0.29) is 0 Å². The Hall–Kier alpha value is -0.950. The lowest BCUT2D eigenvalue weighted by molar-refractivity contribution is 1.18.